The number of ether oxygens (including phenoxy) is 1. The summed E-state index contributed by atoms with van der Waals surface area (Å²) in [7, 11) is 0. The van der Waals surface area contributed by atoms with Crippen LogP contribution in [0, 0.1) is 6.92 Å². The third kappa shape index (κ3) is 7.58. The molecule has 0 saturated carbocycles. The highest BCUT2D eigenvalue weighted by molar-refractivity contribution is 7.13. The fourth-order valence-electron chi connectivity index (χ4n) is 3.36. The number of phenols is 1. The molecule has 1 aromatic heterocycles. The summed E-state index contributed by atoms with van der Waals surface area (Å²) < 4.78 is 5.85. The van der Waals surface area contributed by atoms with Crippen molar-refractivity contribution in [1.29, 1.82) is 0 Å². The lowest BCUT2D eigenvalue weighted by molar-refractivity contribution is 0.321. The molecule has 5 heteroatoms. The molecule has 3 N–H and O–H groups in total. The molecule has 0 bridgehead atoms. The minimum absolute atomic E-state index is 0.151. The highest BCUT2D eigenvalue weighted by Crippen LogP contribution is 2.42. The van der Waals surface area contributed by atoms with Gasteiger partial charge in [0.15, 0.2) is 0 Å². The van der Waals surface area contributed by atoms with Gasteiger partial charge in [0.25, 0.3) is 0 Å². The van der Waals surface area contributed by atoms with E-state index in [1.807, 2.05) is 19.1 Å². The van der Waals surface area contributed by atoms with Gasteiger partial charge in [0.05, 0.1) is 12.3 Å². The SMILES string of the molecule is CCN.Cc1ccc(OCCc2csc(-c3cc(C(C)(C)C)c(O)c(C(C)(C)C)c3)n2)cc1. The molecule has 0 aliphatic rings. The van der Waals surface area contributed by atoms with Crippen molar-refractivity contribution in [3.8, 4) is 22.1 Å². The first-order valence-corrected chi connectivity index (χ1v) is 12.5. The molecule has 0 radical (unpaired) electrons. The van der Waals surface area contributed by atoms with Crippen LogP contribution >= 0.6 is 11.3 Å². The van der Waals surface area contributed by atoms with Gasteiger partial charge in [-0.15, -0.1) is 11.3 Å². The Hall–Kier alpha value is -2.37. The van der Waals surface area contributed by atoms with Gasteiger partial charge in [-0.05, 0) is 48.6 Å². The van der Waals surface area contributed by atoms with Crippen LogP contribution in [-0.2, 0) is 17.3 Å². The van der Waals surface area contributed by atoms with Crippen molar-refractivity contribution in [2.24, 2.45) is 5.73 Å². The van der Waals surface area contributed by atoms with Gasteiger partial charge in [-0.1, -0.05) is 66.2 Å². The highest BCUT2D eigenvalue weighted by Gasteiger charge is 2.27. The van der Waals surface area contributed by atoms with Crippen molar-refractivity contribution in [3.63, 3.8) is 0 Å². The van der Waals surface area contributed by atoms with Gasteiger partial charge >= 0.3 is 0 Å². The van der Waals surface area contributed by atoms with Crippen LogP contribution in [0.15, 0.2) is 41.8 Å². The molecule has 0 spiro atoms. The largest absolute Gasteiger partial charge is 0.507 e. The second-order valence-electron chi connectivity index (χ2n) is 10.4. The van der Waals surface area contributed by atoms with Gasteiger partial charge in [-0.3, -0.25) is 0 Å². The molecule has 33 heavy (non-hydrogen) atoms. The first kappa shape index (κ1) is 26.9. The molecule has 0 unspecified atom stereocenters. The lowest BCUT2D eigenvalue weighted by Gasteiger charge is -2.28. The fraction of sp³-hybridized carbons (Fsp3) is 0.464. The van der Waals surface area contributed by atoms with Gasteiger partial charge in [0.2, 0.25) is 0 Å². The van der Waals surface area contributed by atoms with E-state index in [9.17, 15) is 5.11 Å². The molecule has 0 aliphatic heterocycles. The number of benzene rings is 2. The summed E-state index contributed by atoms with van der Waals surface area (Å²) in [5, 5.41) is 14.0. The number of hydrogen-bond donors (Lipinski definition) is 2. The number of aromatic hydroxyl groups is 1. The smallest absolute Gasteiger partial charge is 0.123 e. The minimum Gasteiger partial charge on any atom is -0.507 e. The maximum atomic E-state index is 10.9. The minimum atomic E-state index is -0.151. The van der Waals surface area contributed by atoms with Crippen LogP contribution in [-0.4, -0.2) is 23.2 Å². The fourth-order valence-corrected chi connectivity index (χ4v) is 4.21. The van der Waals surface area contributed by atoms with Crippen LogP contribution in [0.4, 0.5) is 0 Å². The summed E-state index contributed by atoms with van der Waals surface area (Å²) in [6.07, 6.45) is 0.765. The molecule has 0 saturated heterocycles. The monoisotopic (exact) mass is 468 g/mol. The van der Waals surface area contributed by atoms with Crippen LogP contribution in [0.5, 0.6) is 11.5 Å². The third-order valence-electron chi connectivity index (χ3n) is 5.17. The lowest BCUT2D eigenvalue weighted by atomic mass is 9.78. The van der Waals surface area contributed by atoms with Crippen molar-refractivity contribution in [1.82, 2.24) is 4.98 Å². The maximum absolute atomic E-state index is 10.9. The van der Waals surface area contributed by atoms with Crippen LogP contribution in [0.2, 0.25) is 0 Å². The second kappa shape index (κ2) is 11.2. The lowest BCUT2D eigenvalue weighted by Crippen LogP contribution is -2.17. The van der Waals surface area contributed by atoms with E-state index in [2.05, 4.69) is 78.1 Å². The van der Waals surface area contributed by atoms with Gasteiger partial charge in [-0.2, -0.15) is 0 Å². The number of thiazole rings is 1. The highest BCUT2D eigenvalue weighted by atomic mass is 32.1. The topological polar surface area (TPSA) is 68.4 Å². The average Bonchev–Trinajstić information content (AvgIpc) is 3.17. The Kier molecular flexibility index (Phi) is 9.10. The zero-order chi connectivity index (χ0) is 24.8. The number of aromatic nitrogens is 1. The predicted molar refractivity (Wildman–Crippen MR) is 142 cm³/mol. The Morgan fingerprint density at radius 2 is 1.48 bits per heavy atom. The molecule has 3 rings (SSSR count). The zero-order valence-corrected chi connectivity index (χ0v) is 22.3. The molecule has 0 amide bonds. The van der Waals surface area contributed by atoms with E-state index < -0.39 is 0 Å². The number of nitrogens with zero attached hydrogens (tertiary/aromatic N) is 1. The normalized spacial score (nSPS) is 11.7. The standard InChI is InChI=1S/C26H33NO2S.C2H7N/c1-17-8-10-20(11-9-17)29-13-12-19-16-30-24(27-19)18-14-21(25(2,3)4)23(28)22(15-18)26(5,6)7;1-2-3/h8-11,14-16,28H,12-13H2,1-7H3;2-3H2,1H3. The zero-order valence-electron chi connectivity index (χ0n) is 21.5. The molecular formula is C28H40N2O2S. The molecule has 0 fully saturated rings. The van der Waals surface area contributed by atoms with E-state index in [1.54, 1.807) is 11.3 Å². The van der Waals surface area contributed by atoms with E-state index in [-0.39, 0.29) is 10.8 Å². The summed E-state index contributed by atoms with van der Waals surface area (Å²) in [4.78, 5) is 4.86. The van der Waals surface area contributed by atoms with E-state index in [0.717, 1.165) is 46.1 Å². The van der Waals surface area contributed by atoms with Crippen molar-refractivity contribution in [3.05, 3.63) is 64.2 Å². The third-order valence-corrected chi connectivity index (χ3v) is 6.11. The molecule has 3 aromatic rings. The number of aryl methyl sites for hydroxylation is 1. The van der Waals surface area contributed by atoms with Crippen LogP contribution in [0.25, 0.3) is 10.6 Å². The van der Waals surface area contributed by atoms with E-state index >= 15 is 0 Å². The van der Waals surface area contributed by atoms with E-state index in [1.165, 1.54) is 5.56 Å². The quantitative estimate of drug-likeness (QED) is 0.423. The molecule has 2 aromatic carbocycles. The average molecular weight is 469 g/mol. The van der Waals surface area contributed by atoms with Crippen molar-refractivity contribution in [2.75, 3.05) is 13.2 Å². The summed E-state index contributed by atoms with van der Waals surface area (Å²) in [5.41, 5.74) is 9.80. The maximum Gasteiger partial charge on any atom is 0.123 e. The number of hydrogen-bond acceptors (Lipinski definition) is 5. The Morgan fingerprint density at radius 3 is 1.97 bits per heavy atom. The molecule has 4 nitrogen and oxygen atoms in total. The molecule has 0 aliphatic carbocycles. The summed E-state index contributed by atoms with van der Waals surface area (Å²) in [6.45, 7) is 18.1. The van der Waals surface area contributed by atoms with Gasteiger partial charge in [0.1, 0.15) is 16.5 Å². The van der Waals surface area contributed by atoms with Crippen LogP contribution < -0.4 is 10.5 Å². The number of nitrogens with two attached hydrogens (primary N) is 1. The van der Waals surface area contributed by atoms with Gasteiger partial charge in [0, 0.05) is 28.5 Å². The molecular weight excluding hydrogens is 428 g/mol. The Labute approximate surface area is 203 Å². The predicted octanol–water partition coefficient (Wildman–Crippen LogP) is 7.01. The van der Waals surface area contributed by atoms with Gasteiger partial charge in [-0.25, -0.2) is 4.98 Å². The van der Waals surface area contributed by atoms with Crippen molar-refractivity contribution < 1.29 is 9.84 Å². The van der Waals surface area contributed by atoms with Crippen LogP contribution in [0.3, 0.4) is 0 Å². The Morgan fingerprint density at radius 1 is 0.970 bits per heavy atom. The first-order chi connectivity index (χ1) is 15.4. The summed E-state index contributed by atoms with van der Waals surface area (Å²) >= 11 is 1.65. The van der Waals surface area contributed by atoms with E-state index in [4.69, 9.17) is 15.5 Å². The number of phenolic OH excluding ortho intramolecular Hbond substituents is 1. The van der Waals surface area contributed by atoms with Crippen LogP contribution in [0.1, 0.15) is 70.9 Å². The first-order valence-electron chi connectivity index (χ1n) is 11.6. The van der Waals surface area contributed by atoms with E-state index in [0.29, 0.717) is 12.4 Å². The molecule has 1 heterocycles. The Bertz CT molecular complexity index is 990. The van der Waals surface area contributed by atoms with Crippen molar-refractivity contribution >= 4 is 11.3 Å². The molecule has 180 valence electrons. The number of rotatable bonds is 5. The Balaban J connectivity index is 0.00000122. The summed E-state index contributed by atoms with van der Waals surface area (Å²) in [6, 6.07) is 12.3. The second-order valence-corrected chi connectivity index (χ2v) is 11.2. The van der Waals surface area contributed by atoms with Gasteiger partial charge < -0.3 is 15.6 Å². The summed E-state index contributed by atoms with van der Waals surface area (Å²) in [5.74, 6) is 1.29. The molecule has 0 atom stereocenters. The van der Waals surface area contributed by atoms with Crippen molar-refractivity contribution in [2.45, 2.75) is 72.6 Å².